The maximum absolute atomic E-state index is 6.71. The van der Waals surface area contributed by atoms with Crippen molar-refractivity contribution in [3.05, 3.63) is 243 Å². The highest BCUT2D eigenvalue weighted by Gasteiger charge is 2.26. The van der Waals surface area contributed by atoms with Crippen molar-refractivity contribution in [2.24, 2.45) is 0 Å². The monoisotopic (exact) mass is 820 g/mol. The van der Waals surface area contributed by atoms with Crippen LogP contribution in [0.4, 0.5) is 17.1 Å². The summed E-state index contributed by atoms with van der Waals surface area (Å²) in [7, 11) is 0. The van der Waals surface area contributed by atoms with E-state index in [1.54, 1.807) is 0 Å². The van der Waals surface area contributed by atoms with E-state index in [1.165, 1.54) is 33.4 Å². The van der Waals surface area contributed by atoms with E-state index in [2.05, 4.69) is 222 Å². The normalized spacial score (nSPS) is 11.7. The minimum absolute atomic E-state index is 0.695. The molecule has 0 aliphatic carbocycles. The zero-order chi connectivity index (χ0) is 42.4. The van der Waals surface area contributed by atoms with Gasteiger partial charge in [0.05, 0.1) is 5.52 Å². The molecular formula is C60H40N2O2. The molecule has 0 bridgehead atoms. The van der Waals surface area contributed by atoms with Crippen LogP contribution < -0.4 is 14.4 Å². The van der Waals surface area contributed by atoms with E-state index in [1.807, 2.05) is 30.3 Å². The van der Waals surface area contributed by atoms with Crippen LogP contribution in [0.15, 0.2) is 243 Å². The van der Waals surface area contributed by atoms with Gasteiger partial charge >= 0.3 is 0 Å². The van der Waals surface area contributed by atoms with Gasteiger partial charge in [-0.3, -0.25) is 0 Å². The summed E-state index contributed by atoms with van der Waals surface area (Å²) >= 11 is 0. The molecule has 12 rings (SSSR count). The van der Waals surface area contributed by atoms with Gasteiger partial charge in [-0.05, 0) is 129 Å². The zero-order valence-electron chi connectivity index (χ0n) is 34.8. The van der Waals surface area contributed by atoms with Crippen molar-refractivity contribution in [2.45, 2.75) is 0 Å². The van der Waals surface area contributed by atoms with Gasteiger partial charge in [-0.1, -0.05) is 158 Å². The Hall–Kier alpha value is -8.60. The van der Waals surface area contributed by atoms with E-state index < -0.39 is 0 Å². The third-order valence-corrected chi connectivity index (χ3v) is 12.3. The smallest absolute Gasteiger partial charge is 0.194 e. The van der Waals surface area contributed by atoms with Gasteiger partial charge in [-0.15, -0.1) is 0 Å². The summed E-state index contributed by atoms with van der Waals surface area (Å²) in [5.41, 5.74) is 15.7. The van der Waals surface area contributed by atoms with Gasteiger partial charge in [-0.25, -0.2) is 0 Å². The molecule has 0 amide bonds. The molecule has 0 spiro atoms. The highest BCUT2D eigenvalue weighted by Crippen LogP contribution is 2.51. The minimum atomic E-state index is 0.695. The molecule has 4 nitrogen and oxygen atoms in total. The molecule has 1 aliphatic rings. The first-order chi connectivity index (χ1) is 31.7. The molecule has 1 aromatic heterocycles. The minimum Gasteiger partial charge on any atom is -0.449 e. The Bertz CT molecular complexity index is 3350. The Morgan fingerprint density at radius 2 is 0.703 bits per heavy atom. The third-order valence-electron chi connectivity index (χ3n) is 12.3. The molecule has 0 fully saturated rings. The standard InChI is InChI=1S/C60H40N2O2/c1-4-12-41(13-5-1)44-20-29-49(30-21-44)61(50-31-22-45(23-32-50)42-14-6-2-7-15-42)51-33-26-47(27-34-51)48-28-38-55-54(40-48)53-37-39-58-60(64-57-19-11-10-18-56(57)63-58)59(53)62(55)52-35-24-46(25-36-52)43-16-8-3-9-17-43/h1-40H. The van der Waals surface area contributed by atoms with E-state index in [9.17, 15) is 0 Å². The van der Waals surface area contributed by atoms with Crippen molar-refractivity contribution in [1.29, 1.82) is 0 Å². The molecule has 64 heavy (non-hydrogen) atoms. The topological polar surface area (TPSA) is 26.6 Å². The number of benzene rings is 10. The number of nitrogens with zero attached hydrogens (tertiary/aromatic N) is 2. The molecule has 11 aromatic rings. The van der Waals surface area contributed by atoms with Crippen LogP contribution in [-0.4, -0.2) is 4.57 Å². The fraction of sp³-hybridized carbons (Fsp3) is 0. The molecule has 0 saturated heterocycles. The Balaban J connectivity index is 0.946. The van der Waals surface area contributed by atoms with Crippen LogP contribution in [-0.2, 0) is 0 Å². The number of ether oxygens (including phenoxy) is 2. The van der Waals surface area contributed by atoms with E-state index in [4.69, 9.17) is 9.47 Å². The molecule has 302 valence electrons. The molecule has 0 radical (unpaired) electrons. The van der Waals surface area contributed by atoms with Gasteiger partial charge in [0.15, 0.2) is 23.0 Å². The highest BCUT2D eigenvalue weighted by molar-refractivity contribution is 6.13. The van der Waals surface area contributed by atoms with Crippen LogP contribution in [0.2, 0.25) is 0 Å². The molecule has 0 saturated carbocycles. The van der Waals surface area contributed by atoms with Crippen LogP contribution in [0.5, 0.6) is 23.0 Å². The van der Waals surface area contributed by atoms with E-state index in [0.717, 1.165) is 55.7 Å². The van der Waals surface area contributed by atoms with Gasteiger partial charge in [0, 0.05) is 33.5 Å². The van der Waals surface area contributed by atoms with Crippen LogP contribution in [0.1, 0.15) is 0 Å². The maximum Gasteiger partial charge on any atom is 0.194 e. The molecule has 10 aromatic carbocycles. The quantitative estimate of drug-likeness (QED) is 0.153. The van der Waals surface area contributed by atoms with Crippen LogP contribution in [0, 0.1) is 0 Å². The van der Waals surface area contributed by atoms with Gasteiger partial charge in [0.25, 0.3) is 0 Å². The van der Waals surface area contributed by atoms with Crippen molar-refractivity contribution in [3.63, 3.8) is 0 Å². The lowest BCUT2D eigenvalue weighted by atomic mass is 10.0. The lowest BCUT2D eigenvalue weighted by Gasteiger charge is -2.26. The number of aromatic nitrogens is 1. The average molecular weight is 821 g/mol. The summed E-state index contributed by atoms with van der Waals surface area (Å²) in [6, 6.07) is 85.8. The first kappa shape index (κ1) is 37.2. The Morgan fingerprint density at radius 1 is 0.297 bits per heavy atom. The molecule has 4 heteroatoms. The Morgan fingerprint density at radius 3 is 1.20 bits per heavy atom. The van der Waals surface area contributed by atoms with Crippen molar-refractivity contribution in [1.82, 2.24) is 4.57 Å². The van der Waals surface area contributed by atoms with E-state index in [0.29, 0.717) is 23.0 Å². The lowest BCUT2D eigenvalue weighted by Crippen LogP contribution is -2.09. The fourth-order valence-electron chi connectivity index (χ4n) is 9.08. The summed E-state index contributed by atoms with van der Waals surface area (Å²) in [5, 5.41) is 2.22. The maximum atomic E-state index is 6.71. The summed E-state index contributed by atoms with van der Waals surface area (Å²) in [4.78, 5) is 2.33. The summed E-state index contributed by atoms with van der Waals surface area (Å²) in [6.07, 6.45) is 0. The largest absolute Gasteiger partial charge is 0.449 e. The van der Waals surface area contributed by atoms with Crippen molar-refractivity contribution >= 4 is 38.9 Å². The molecule has 0 atom stereocenters. The van der Waals surface area contributed by atoms with Gasteiger partial charge in [-0.2, -0.15) is 0 Å². The number of hydrogen-bond acceptors (Lipinski definition) is 3. The first-order valence-electron chi connectivity index (χ1n) is 21.7. The third kappa shape index (κ3) is 6.66. The van der Waals surface area contributed by atoms with Crippen molar-refractivity contribution in [2.75, 3.05) is 4.90 Å². The summed E-state index contributed by atoms with van der Waals surface area (Å²) < 4.78 is 15.5. The summed E-state index contributed by atoms with van der Waals surface area (Å²) in [6.45, 7) is 0. The SMILES string of the molecule is c1ccc(-c2ccc(N(c3ccc(-c4ccccc4)cc3)c3ccc(-c4ccc5c(c4)c4ccc6c(c4n5-c4ccc(-c5ccccc5)cc4)Oc4ccccc4O6)cc3)cc2)cc1. The lowest BCUT2D eigenvalue weighted by molar-refractivity contribution is 0.362. The van der Waals surface area contributed by atoms with Crippen LogP contribution in [0.3, 0.4) is 0 Å². The Kier molecular flexibility index (Phi) is 9.12. The Labute approximate surface area is 372 Å². The van der Waals surface area contributed by atoms with Crippen LogP contribution in [0.25, 0.3) is 72.0 Å². The second-order valence-corrected chi connectivity index (χ2v) is 16.1. The predicted molar refractivity (Wildman–Crippen MR) is 264 cm³/mol. The number of fused-ring (bicyclic) bond motifs is 6. The average Bonchev–Trinajstić information content (AvgIpc) is 3.71. The van der Waals surface area contributed by atoms with E-state index in [-0.39, 0.29) is 0 Å². The second-order valence-electron chi connectivity index (χ2n) is 16.1. The highest BCUT2D eigenvalue weighted by atomic mass is 16.6. The second kappa shape index (κ2) is 15.7. The van der Waals surface area contributed by atoms with Crippen LogP contribution >= 0.6 is 0 Å². The summed E-state index contributed by atoms with van der Waals surface area (Å²) in [5.74, 6) is 2.81. The number of para-hydroxylation sites is 2. The molecule has 0 unspecified atom stereocenters. The zero-order valence-corrected chi connectivity index (χ0v) is 34.8. The van der Waals surface area contributed by atoms with E-state index >= 15 is 0 Å². The first-order valence-corrected chi connectivity index (χ1v) is 21.7. The number of rotatable bonds is 8. The number of hydrogen-bond donors (Lipinski definition) is 0. The molecular weight excluding hydrogens is 781 g/mol. The number of anilines is 3. The predicted octanol–water partition coefficient (Wildman–Crippen LogP) is 16.8. The molecule has 1 aliphatic heterocycles. The molecule has 2 heterocycles. The van der Waals surface area contributed by atoms with Gasteiger partial charge in [0.2, 0.25) is 0 Å². The van der Waals surface area contributed by atoms with Crippen molar-refractivity contribution < 1.29 is 9.47 Å². The fourth-order valence-corrected chi connectivity index (χ4v) is 9.08. The molecule has 0 N–H and O–H groups in total. The van der Waals surface area contributed by atoms with Gasteiger partial charge < -0.3 is 18.9 Å². The van der Waals surface area contributed by atoms with Gasteiger partial charge in [0.1, 0.15) is 5.52 Å². The van der Waals surface area contributed by atoms with Crippen molar-refractivity contribution in [3.8, 4) is 73.2 Å².